The summed E-state index contributed by atoms with van der Waals surface area (Å²) < 4.78 is 5.03. The highest BCUT2D eigenvalue weighted by atomic mass is 35.5. The highest BCUT2D eigenvalue weighted by Gasteiger charge is 2.36. The van der Waals surface area contributed by atoms with Crippen LogP contribution in [-0.4, -0.2) is 24.3 Å². The van der Waals surface area contributed by atoms with Gasteiger partial charge >= 0.3 is 5.97 Å². The molecule has 0 aromatic heterocycles. The maximum Gasteiger partial charge on any atom is 0.333 e. The lowest BCUT2D eigenvalue weighted by Gasteiger charge is -2.30. The summed E-state index contributed by atoms with van der Waals surface area (Å²) in [6.45, 7) is 3.66. The third-order valence-corrected chi connectivity index (χ3v) is 2.96. The fourth-order valence-corrected chi connectivity index (χ4v) is 1.86. The van der Waals surface area contributed by atoms with Crippen LogP contribution >= 0.6 is 11.6 Å². The van der Waals surface area contributed by atoms with Crippen LogP contribution in [0.2, 0.25) is 5.02 Å². The first-order chi connectivity index (χ1) is 7.39. The van der Waals surface area contributed by atoms with Crippen LogP contribution in [0.25, 0.3) is 0 Å². The second kappa shape index (κ2) is 4.85. The molecular weight excluding hydrogens is 228 g/mol. The molecule has 1 unspecified atom stereocenters. The van der Waals surface area contributed by atoms with Gasteiger partial charge in [-0.1, -0.05) is 37.6 Å². The second-order valence-electron chi connectivity index (χ2n) is 4.18. The van der Waals surface area contributed by atoms with Crippen molar-refractivity contribution in [1.29, 1.82) is 0 Å². The number of aliphatic carboxylic acids is 1. The molecule has 4 heteroatoms. The SMILES string of the molecule is COC(C(=O)O)C(C)(C)c1ccc(Cl)cc1. The summed E-state index contributed by atoms with van der Waals surface area (Å²) in [4.78, 5) is 11.1. The lowest BCUT2D eigenvalue weighted by atomic mass is 9.79. The molecule has 0 heterocycles. The molecule has 88 valence electrons. The molecule has 3 nitrogen and oxygen atoms in total. The van der Waals surface area contributed by atoms with E-state index >= 15 is 0 Å². The molecule has 1 aromatic carbocycles. The number of methoxy groups -OCH3 is 1. The molecule has 0 fully saturated rings. The van der Waals surface area contributed by atoms with Crippen molar-refractivity contribution in [3.05, 3.63) is 34.9 Å². The molecule has 0 aliphatic heterocycles. The van der Waals surface area contributed by atoms with Gasteiger partial charge in [-0.25, -0.2) is 4.79 Å². The molecule has 0 bridgehead atoms. The standard InChI is InChI=1S/C12H15ClO3/c1-12(2,10(16-3)11(14)15)8-4-6-9(13)7-5-8/h4-7,10H,1-3H3,(H,14,15). The summed E-state index contributed by atoms with van der Waals surface area (Å²) in [7, 11) is 1.40. The van der Waals surface area contributed by atoms with Gasteiger partial charge in [0.25, 0.3) is 0 Å². The van der Waals surface area contributed by atoms with Gasteiger partial charge in [-0.05, 0) is 17.7 Å². The molecule has 1 rings (SSSR count). The Bertz CT molecular complexity index is 370. The fraction of sp³-hybridized carbons (Fsp3) is 0.417. The van der Waals surface area contributed by atoms with E-state index in [2.05, 4.69) is 0 Å². The zero-order valence-electron chi connectivity index (χ0n) is 9.53. The van der Waals surface area contributed by atoms with Crippen molar-refractivity contribution in [2.45, 2.75) is 25.4 Å². The van der Waals surface area contributed by atoms with Crippen molar-refractivity contribution in [2.75, 3.05) is 7.11 Å². The van der Waals surface area contributed by atoms with Crippen LogP contribution in [0, 0.1) is 0 Å². The van der Waals surface area contributed by atoms with Gasteiger partial charge < -0.3 is 9.84 Å². The zero-order chi connectivity index (χ0) is 12.3. The van der Waals surface area contributed by atoms with E-state index in [-0.39, 0.29) is 0 Å². The molecule has 1 N–H and O–H groups in total. The third-order valence-electron chi connectivity index (χ3n) is 2.70. The Labute approximate surface area is 100.0 Å². The molecule has 1 aromatic rings. The first-order valence-electron chi connectivity index (χ1n) is 4.91. The van der Waals surface area contributed by atoms with E-state index in [0.29, 0.717) is 5.02 Å². The van der Waals surface area contributed by atoms with Crippen molar-refractivity contribution in [2.24, 2.45) is 0 Å². The van der Waals surface area contributed by atoms with E-state index < -0.39 is 17.5 Å². The van der Waals surface area contributed by atoms with Crippen molar-refractivity contribution in [3.63, 3.8) is 0 Å². The van der Waals surface area contributed by atoms with Crippen molar-refractivity contribution in [1.82, 2.24) is 0 Å². The Balaban J connectivity index is 3.08. The molecule has 0 amide bonds. The monoisotopic (exact) mass is 242 g/mol. The topological polar surface area (TPSA) is 46.5 Å². The van der Waals surface area contributed by atoms with E-state index in [4.69, 9.17) is 21.4 Å². The molecular formula is C12H15ClO3. The minimum atomic E-state index is -0.970. The predicted octanol–water partition coefficient (Wildman–Crippen LogP) is 2.72. The number of benzene rings is 1. The molecule has 16 heavy (non-hydrogen) atoms. The predicted molar refractivity (Wildman–Crippen MR) is 62.9 cm³/mol. The molecule has 0 saturated carbocycles. The summed E-state index contributed by atoms with van der Waals surface area (Å²) in [5.41, 5.74) is 0.275. The van der Waals surface area contributed by atoms with Gasteiger partial charge in [-0.2, -0.15) is 0 Å². The van der Waals surface area contributed by atoms with Gasteiger partial charge in [0.1, 0.15) is 0 Å². The zero-order valence-corrected chi connectivity index (χ0v) is 10.3. The van der Waals surface area contributed by atoms with E-state index in [1.54, 1.807) is 12.1 Å². The first kappa shape index (κ1) is 13.0. The van der Waals surface area contributed by atoms with Crippen LogP contribution < -0.4 is 0 Å². The van der Waals surface area contributed by atoms with E-state index in [1.165, 1.54) is 7.11 Å². The number of hydrogen-bond donors (Lipinski definition) is 1. The lowest BCUT2D eigenvalue weighted by Crippen LogP contribution is -2.41. The summed E-state index contributed by atoms with van der Waals surface area (Å²) in [6.07, 6.45) is -0.881. The lowest BCUT2D eigenvalue weighted by molar-refractivity contribution is -0.152. The molecule has 0 aliphatic carbocycles. The molecule has 0 radical (unpaired) electrons. The van der Waals surface area contributed by atoms with Crippen LogP contribution in [0.4, 0.5) is 0 Å². The Morgan fingerprint density at radius 1 is 1.38 bits per heavy atom. The molecule has 0 spiro atoms. The summed E-state index contributed by atoms with van der Waals surface area (Å²) >= 11 is 5.79. The quantitative estimate of drug-likeness (QED) is 0.883. The number of halogens is 1. The Hall–Kier alpha value is -1.06. The van der Waals surface area contributed by atoms with E-state index in [1.807, 2.05) is 26.0 Å². The van der Waals surface area contributed by atoms with Gasteiger partial charge in [0.05, 0.1) is 0 Å². The van der Waals surface area contributed by atoms with Gasteiger partial charge in [-0.3, -0.25) is 0 Å². The summed E-state index contributed by atoms with van der Waals surface area (Å²) in [5, 5.41) is 9.70. The van der Waals surface area contributed by atoms with Crippen LogP contribution in [0.1, 0.15) is 19.4 Å². The highest BCUT2D eigenvalue weighted by molar-refractivity contribution is 6.30. The second-order valence-corrected chi connectivity index (χ2v) is 4.62. The Kier molecular flexibility index (Phi) is 3.94. The molecule has 1 atom stereocenters. The van der Waals surface area contributed by atoms with Crippen LogP contribution in [0.3, 0.4) is 0 Å². The smallest absolute Gasteiger partial charge is 0.333 e. The minimum absolute atomic E-state index is 0.606. The largest absolute Gasteiger partial charge is 0.479 e. The number of carboxylic acids is 1. The van der Waals surface area contributed by atoms with Crippen LogP contribution in [0.15, 0.2) is 24.3 Å². The van der Waals surface area contributed by atoms with Gasteiger partial charge in [0.2, 0.25) is 0 Å². The maximum absolute atomic E-state index is 11.1. The first-order valence-corrected chi connectivity index (χ1v) is 5.29. The number of rotatable bonds is 4. The fourth-order valence-electron chi connectivity index (χ4n) is 1.73. The van der Waals surface area contributed by atoms with Crippen molar-refractivity contribution in [3.8, 4) is 0 Å². The van der Waals surface area contributed by atoms with Gasteiger partial charge in [-0.15, -0.1) is 0 Å². The normalized spacial score (nSPS) is 13.5. The van der Waals surface area contributed by atoms with Crippen LogP contribution in [0.5, 0.6) is 0 Å². The average Bonchev–Trinajstić information content (AvgIpc) is 2.18. The Morgan fingerprint density at radius 3 is 2.25 bits per heavy atom. The van der Waals surface area contributed by atoms with Crippen molar-refractivity contribution >= 4 is 17.6 Å². The van der Waals surface area contributed by atoms with Crippen LogP contribution in [-0.2, 0) is 14.9 Å². The van der Waals surface area contributed by atoms with Gasteiger partial charge in [0.15, 0.2) is 6.10 Å². The van der Waals surface area contributed by atoms with E-state index in [0.717, 1.165) is 5.56 Å². The number of ether oxygens (including phenoxy) is 1. The maximum atomic E-state index is 11.1. The number of carboxylic acid groups (broad SMARTS) is 1. The van der Waals surface area contributed by atoms with E-state index in [9.17, 15) is 4.79 Å². The summed E-state index contributed by atoms with van der Waals surface area (Å²) in [6, 6.07) is 7.12. The summed E-state index contributed by atoms with van der Waals surface area (Å²) in [5.74, 6) is -0.970. The van der Waals surface area contributed by atoms with Crippen molar-refractivity contribution < 1.29 is 14.6 Å². The Morgan fingerprint density at radius 2 is 1.88 bits per heavy atom. The number of hydrogen-bond acceptors (Lipinski definition) is 2. The molecule has 0 saturated heterocycles. The average molecular weight is 243 g/mol. The highest BCUT2D eigenvalue weighted by Crippen LogP contribution is 2.29. The number of carbonyl (C=O) groups is 1. The van der Waals surface area contributed by atoms with Gasteiger partial charge in [0, 0.05) is 17.5 Å². The third kappa shape index (κ3) is 2.54. The minimum Gasteiger partial charge on any atom is -0.479 e. The molecule has 0 aliphatic rings.